The Morgan fingerprint density at radius 2 is 2.00 bits per heavy atom. The number of nitrogens with two attached hydrogens (primary N) is 1. The predicted octanol–water partition coefficient (Wildman–Crippen LogP) is 2.53. The second kappa shape index (κ2) is 5.03. The quantitative estimate of drug-likeness (QED) is 0.784. The van der Waals surface area contributed by atoms with Gasteiger partial charge in [0.25, 0.3) is 0 Å². The second-order valence-electron chi connectivity index (χ2n) is 3.75. The molecule has 0 aliphatic rings. The van der Waals surface area contributed by atoms with E-state index >= 15 is 0 Å². The molecule has 1 aromatic rings. The highest BCUT2D eigenvalue weighted by Crippen LogP contribution is 2.16. The molecule has 14 heavy (non-hydrogen) atoms. The number of anilines is 1. The van der Waals surface area contributed by atoms with Crippen LogP contribution in [0.2, 0.25) is 0 Å². The summed E-state index contributed by atoms with van der Waals surface area (Å²) in [4.78, 5) is 4.50. The standard InChI is InChI=1S/C11H21N3/c1-4-6-7-10-11(12)14(8-5-2)9(3)13-10/h4-8,12H2,1-3H3. The normalized spacial score (nSPS) is 10.8. The SMILES string of the molecule is CCCCc1nc(C)n(CCC)c1N. The summed E-state index contributed by atoms with van der Waals surface area (Å²) in [6.07, 6.45) is 4.49. The number of hydrogen-bond donors (Lipinski definition) is 1. The third-order valence-electron chi connectivity index (χ3n) is 2.49. The summed E-state index contributed by atoms with van der Waals surface area (Å²) in [5, 5.41) is 0. The summed E-state index contributed by atoms with van der Waals surface area (Å²) >= 11 is 0. The molecule has 3 heteroatoms. The molecule has 2 N–H and O–H groups in total. The van der Waals surface area contributed by atoms with Gasteiger partial charge in [-0.3, -0.25) is 0 Å². The lowest BCUT2D eigenvalue weighted by molar-refractivity contribution is 0.665. The highest BCUT2D eigenvalue weighted by Gasteiger charge is 2.09. The molecule has 1 heterocycles. The molecule has 0 spiro atoms. The highest BCUT2D eigenvalue weighted by molar-refractivity contribution is 5.38. The van der Waals surface area contributed by atoms with Crippen LogP contribution in [-0.4, -0.2) is 9.55 Å². The molecule has 0 atom stereocenters. The second-order valence-corrected chi connectivity index (χ2v) is 3.75. The Balaban J connectivity index is 2.81. The van der Waals surface area contributed by atoms with Crippen molar-refractivity contribution < 1.29 is 0 Å². The number of unbranched alkanes of at least 4 members (excludes halogenated alkanes) is 1. The molecule has 3 nitrogen and oxygen atoms in total. The molecule has 0 aliphatic heterocycles. The van der Waals surface area contributed by atoms with Gasteiger partial charge in [0.05, 0.1) is 5.69 Å². The van der Waals surface area contributed by atoms with Crippen molar-refractivity contribution in [1.82, 2.24) is 9.55 Å². The summed E-state index contributed by atoms with van der Waals surface area (Å²) in [5.41, 5.74) is 7.11. The molecule has 1 rings (SSSR count). The zero-order valence-corrected chi connectivity index (χ0v) is 9.51. The van der Waals surface area contributed by atoms with Crippen LogP contribution >= 0.6 is 0 Å². The van der Waals surface area contributed by atoms with Gasteiger partial charge in [-0.15, -0.1) is 0 Å². The van der Waals surface area contributed by atoms with Crippen molar-refractivity contribution in [3.8, 4) is 0 Å². The first-order valence-corrected chi connectivity index (χ1v) is 5.52. The van der Waals surface area contributed by atoms with Crippen molar-refractivity contribution in [2.24, 2.45) is 0 Å². The number of hydrogen-bond acceptors (Lipinski definition) is 2. The fraction of sp³-hybridized carbons (Fsp3) is 0.727. The van der Waals surface area contributed by atoms with E-state index < -0.39 is 0 Å². The number of imidazole rings is 1. The van der Waals surface area contributed by atoms with Crippen LogP contribution in [0.1, 0.15) is 44.6 Å². The molecular weight excluding hydrogens is 174 g/mol. The molecule has 0 amide bonds. The van der Waals surface area contributed by atoms with Crippen molar-refractivity contribution >= 4 is 5.82 Å². The van der Waals surface area contributed by atoms with Gasteiger partial charge in [-0.2, -0.15) is 0 Å². The van der Waals surface area contributed by atoms with E-state index in [4.69, 9.17) is 5.73 Å². The van der Waals surface area contributed by atoms with E-state index in [1.807, 2.05) is 6.92 Å². The van der Waals surface area contributed by atoms with Crippen LogP contribution in [0.15, 0.2) is 0 Å². The minimum atomic E-state index is 0.873. The average Bonchev–Trinajstić information content (AvgIpc) is 2.43. The van der Waals surface area contributed by atoms with E-state index in [1.165, 1.54) is 12.8 Å². The molecule has 0 aromatic carbocycles. The fourth-order valence-corrected chi connectivity index (χ4v) is 1.68. The Bertz CT molecular complexity index is 289. The lowest BCUT2D eigenvalue weighted by Gasteiger charge is -2.05. The first kappa shape index (κ1) is 11.1. The van der Waals surface area contributed by atoms with Gasteiger partial charge in [0.1, 0.15) is 11.6 Å². The predicted molar refractivity (Wildman–Crippen MR) is 60.3 cm³/mol. The Hall–Kier alpha value is -0.990. The molecule has 0 saturated carbocycles. The van der Waals surface area contributed by atoms with E-state index in [0.717, 1.165) is 36.7 Å². The molecule has 1 aromatic heterocycles. The molecule has 0 bridgehead atoms. The van der Waals surface area contributed by atoms with Gasteiger partial charge < -0.3 is 10.3 Å². The van der Waals surface area contributed by atoms with E-state index in [1.54, 1.807) is 0 Å². The number of nitrogens with zero attached hydrogens (tertiary/aromatic N) is 2. The lowest BCUT2D eigenvalue weighted by Crippen LogP contribution is -2.04. The Morgan fingerprint density at radius 3 is 2.57 bits per heavy atom. The Morgan fingerprint density at radius 1 is 1.29 bits per heavy atom. The van der Waals surface area contributed by atoms with Gasteiger partial charge in [-0.05, 0) is 26.2 Å². The summed E-state index contributed by atoms with van der Waals surface area (Å²) in [7, 11) is 0. The topological polar surface area (TPSA) is 43.8 Å². The highest BCUT2D eigenvalue weighted by atomic mass is 15.1. The summed E-state index contributed by atoms with van der Waals surface area (Å²) in [5.74, 6) is 1.92. The maximum atomic E-state index is 6.03. The van der Waals surface area contributed by atoms with E-state index in [0.29, 0.717) is 0 Å². The summed E-state index contributed by atoms with van der Waals surface area (Å²) in [6.45, 7) is 7.36. The van der Waals surface area contributed by atoms with E-state index in [9.17, 15) is 0 Å². The zero-order chi connectivity index (χ0) is 10.6. The molecular formula is C11H21N3. The first-order valence-electron chi connectivity index (χ1n) is 5.52. The Kier molecular flexibility index (Phi) is 3.98. The van der Waals surface area contributed by atoms with Crippen molar-refractivity contribution in [1.29, 1.82) is 0 Å². The van der Waals surface area contributed by atoms with Crippen molar-refractivity contribution in [2.75, 3.05) is 5.73 Å². The third kappa shape index (κ3) is 2.28. The molecule has 0 radical (unpaired) electrons. The third-order valence-corrected chi connectivity index (χ3v) is 2.49. The van der Waals surface area contributed by atoms with Gasteiger partial charge in [-0.1, -0.05) is 20.3 Å². The van der Waals surface area contributed by atoms with Gasteiger partial charge in [0.2, 0.25) is 0 Å². The molecule has 0 unspecified atom stereocenters. The lowest BCUT2D eigenvalue weighted by atomic mass is 10.2. The van der Waals surface area contributed by atoms with Crippen LogP contribution in [0.5, 0.6) is 0 Å². The van der Waals surface area contributed by atoms with Gasteiger partial charge in [0.15, 0.2) is 0 Å². The van der Waals surface area contributed by atoms with Crippen molar-refractivity contribution in [3.63, 3.8) is 0 Å². The van der Waals surface area contributed by atoms with Crippen LogP contribution in [0, 0.1) is 6.92 Å². The maximum absolute atomic E-state index is 6.03. The Labute approximate surface area is 86.3 Å². The summed E-state index contributed by atoms with van der Waals surface area (Å²) in [6, 6.07) is 0. The van der Waals surface area contributed by atoms with Crippen LogP contribution in [0.25, 0.3) is 0 Å². The summed E-state index contributed by atoms with van der Waals surface area (Å²) < 4.78 is 2.12. The average molecular weight is 195 g/mol. The van der Waals surface area contributed by atoms with Crippen LogP contribution < -0.4 is 5.73 Å². The number of rotatable bonds is 5. The van der Waals surface area contributed by atoms with Crippen molar-refractivity contribution in [3.05, 3.63) is 11.5 Å². The molecule has 0 saturated heterocycles. The van der Waals surface area contributed by atoms with Crippen molar-refractivity contribution in [2.45, 2.75) is 53.0 Å². The van der Waals surface area contributed by atoms with Crippen LogP contribution in [0.4, 0.5) is 5.82 Å². The van der Waals surface area contributed by atoms with Gasteiger partial charge in [-0.25, -0.2) is 4.98 Å². The molecule has 80 valence electrons. The minimum absolute atomic E-state index is 0.873. The molecule has 0 fully saturated rings. The molecule has 0 aliphatic carbocycles. The van der Waals surface area contributed by atoms with Crippen LogP contribution in [0.3, 0.4) is 0 Å². The smallest absolute Gasteiger partial charge is 0.126 e. The minimum Gasteiger partial charge on any atom is -0.384 e. The maximum Gasteiger partial charge on any atom is 0.126 e. The van der Waals surface area contributed by atoms with E-state index in [2.05, 4.69) is 23.4 Å². The first-order chi connectivity index (χ1) is 6.70. The van der Waals surface area contributed by atoms with Gasteiger partial charge in [0, 0.05) is 6.54 Å². The largest absolute Gasteiger partial charge is 0.384 e. The number of aromatic nitrogens is 2. The number of aryl methyl sites for hydroxylation is 2. The zero-order valence-electron chi connectivity index (χ0n) is 9.51. The number of nitrogen functional groups attached to an aromatic ring is 1. The van der Waals surface area contributed by atoms with Gasteiger partial charge >= 0.3 is 0 Å². The fourth-order valence-electron chi connectivity index (χ4n) is 1.68. The monoisotopic (exact) mass is 195 g/mol. The van der Waals surface area contributed by atoms with E-state index in [-0.39, 0.29) is 0 Å². The van der Waals surface area contributed by atoms with Crippen LogP contribution in [-0.2, 0) is 13.0 Å².